The van der Waals surface area contributed by atoms with Crippen molar-refractivity contribution in [1.29, 1.82) is 0 Å². The molecule has 3 aromatic rings. The third-order valence-electron chi connectivity index (χ3n) is 4.10. The molecule has 2 atom stereocenters. The van der Waals surface area contributed by atoms with E-state index in [0.29, 0.717) is 24.0 Å². The van der Waals surface area contributed by atoms with Gasteiger partial charge in [0.1, 0.15) is 11.5 Å². The zero-order chi connectivity index (χ0) is 17.1. The molecule has 0 radical (unpaired) electrons. The maximum absolute atomic E-state index is 5.86. The Bertz CT molecular complexity index is 821. The van der Waals surface area contributed by atoms with Crippen LogP contribution in [-0.2, 0) is 4.74 Å². The summed E-state index contributed by atoms with van der Waals surface area (Å²) in [6.45, 7) is 3.44. The number of rotatable bonds is 5. The molecule has 1 N–H and O–H groups in total. The number of nitrogens with zero attached hydrogens (tertiary/aromatic N) is 5. The Balaban J connectivity index is 1.56. The summed E-state index contributed by atoms with van der Waals surface area (Å²) in [5, 5.41) is 7.15. The summed E-state index contributed by atoms with van der Waals surface area (Å²) in [6.07, 6.45) is 7.55. The highest BCUT2D eigenvalue weighted by atomic mass is 16.5. The van der Waals surface area contributed by atoms with E-state index in [0.717, 1.165) is 24.3 Å². The van der Waals surface area contributed by atoms with Crippen molar-refractivity contribution >= 4 is 5.82 Å². The van der Waals surface area contributed by atoms with E-state index < -0.39 is 0 Å². The molecule has 4 heterocycles. The fourth-order valence-corrected chi connectivity index (χ4v) is 2.92. The molecule has 0 saturated carbocycles. The lowest BCUT2D eigenvalue weighted by Crippen LogP contribution is -2.07. The van der Waals surface area contributed by atoms with Crippen LogP contribution in [0.2, 0.25) is 0 Å². The zero-order valence-electron chi connectivity index (χ0n) is 13.8. The average Bonchev–Trinajstić information content (AvgIpc) is 3.33. The Kier molecular flexibility index (Phi) is 4.34. The normalized spacial score (nSPS) is 19.9. The topological polar surface area (TPSA) is 98.9 Å². The Hall–Kier alpha value is -2.87. The van der Waals surface area contributed by atoms with Gasteiger partial charge in [-0.2, -0.15) is 4.98 Å². The van der Waals surface area contributed by atoms with Crippen LogP contribution >= 0.6 is 0 Å². The molecule has 0 bridgehead atoms. The van der Waals surface area contributed by atoms with Crippen molar-refractivity contribution in [3.63, 3.8) is 0 Å². The molecule has 1 saturated heterocycles. The number of hydrogen-bond acceptors (Lipinski definition) is 8. The van der Waals surface area contributed by atoms with Gasteiger partial charge >= 0.3 is 0 Å². The Morgan fingerprint density at radius 3 is 2.96 bits per heavy atom. The number of nitrogens with one attached hydrogen (secondary N) is 1. The molecule has 25 heavy (non-hydrogen) atoms. The lowest BCUT2D eigenvalue weighted by molar-refractivity contribution is 0.0984. The minimum Gasteiger partial charge on any atom is -0.373 e. The van der Waals surface area contributed by atoms with Crippen LogP contribution in [0, 0.1) is 0 Å². The standard InChI is InChI=1S/C17H18N6O2/c1-2-19-14-10-20-13(9-21-14)16-22-17(25-23-16)12-5-7-24-15(12)11-4-3-6-18-8-11/h3-4,6,8-10,12,15H,2,5,7H2,1H3,(H,19,21)/t12-,15+/m0/s1. The van der Waals surface area contributed by atoms with Crippen LogP contribution < -0.4 is 5.32 Å². The van der Waals surface area contributed by atoms with E-state index in [9.17, 15) is 0 Å². The molecule has 0 amide bonds. The lowest BCUT2D eigenvalue weighted by atomic mass is 9.96. The number of ether oxygens (including phenoxy) is 1. The lowest BCUT2D eigenvalue weighted by Gasteiger charge is -2.14. The van der Waals surface area contributed by atoms with E-state index in [4.69, 9.17) is 9.26 Å². The third kappa shape index (κ3) is 3.20. The maximum Gasteiger partial charge on any atom is 0.233 e. The fraction of sp³-hybridized carbons (Fsp3) is 0.353. The first kappa shape index (κ1) is 15.6. The van der Waals surface area contributed by atoms with Gasteiger partial charge in [0.2, 0.25) is 11.7 Å². The van der Waals surface area contributed by atoms with Crippen LogP contribution in [0.4, 0.5) is 5.82 Å². The van der Waals surface area contributed by atoms with E-state index in [2.05, 4.69) is 30.4 Å². The summed E-state index contributed by atoms with van der Waals surface area (Å²) in [7, 11) is 0. The molecule has 4 rings (SSSR count). The molecule has 0 aromatic carbocycles. The van der Waals surface area contributed by atoms with Crippen molar-refractivity contribution in [3.05, 3.63) is 48.4 Å². The van der Waals surface area contributed by atoms with Gasteiger partial charge in [0.05, 0.1) is 24.4 Å². The highest BCUT2D eigenvalue weighted by molar-refractivity contribution is 5.48. The monoisotopic (exact) mass is 338 g/mol. The molecule has 0 aliphatic carbocycles. The molecule has 8 nitrogen and oxygen atoms in total. The number of aromatic nitrogens is 5. The van der Waals surface area contributed by atoms with E-state index in [1.165, 1.54) is 0 Å². The Morgan fingerprint density at radius 1 is 1.24 bits per heavy atom. The highest BCUT2D eigenvalue weighted by Gasteiger charge is 2.35. The fourth-order valence-electron chi connectivity index (χ4n) is 2.92. The van der Waals surface area contributed by atoms with Crippen LogP contribution in [0.1, 0.15) is 36.8 Å². The molecule has 1 aliphatic rings. The van der Waals surface area contributed by atoms with Gasteiger partial charge in [0.15, 0.2) is 0 Å². The Labute approximate surface area is 144 Å². The Morgan fingerprint density at radius 2 is 2.20 bits per heavy atom. The van der Waals surface area contributed by atoms with Crippen molar-refractivity contribution in [3.8, 4) is 11.5 Å². The maximum atomic E-state index is 5.86. The number of anilines is 1. The van der Waals surface area contributed by atoms with Gasteiger partial charge in [-0.1, -0.05) is 11.2 Å². The van der Waals surface area contributed by atoms with Crippen molar-refractivity contribution in [2.45, 2.75) is 25.4 Å². The second-order valence-electron chi connectivity index (χ2n) is 5.75. The quantitative estimate of drug-likeness (QED) is 0.758. The molecular formula is C17H18N6O2. The molecule has 0 spiro atoms. The molecular weight excluding hydrogens is 320 g/mol. The third-order valence-corrected chi connectivity index (χ3v) is 4.10. The smallest absolute Gasteiger partial charge is 0.233 e. The molecule has 1 aliphatic heterocycles. The summed E-state index contributed by atoms with van der Waals surface area (Å²) < 4.78 is 11.3. The van der Waals surface area contributed by atoms with Crippen molar-refractivity contribution in [2.75, 3.05) is 18.5 Å². The summed E-state index contributed by atoms with van der Waals surface area (Å²) in [5.74, 6) is 1.72. The first-order valence-electron chi connectivity index (χ1n) is 8.26. The van der Waals surface area contributed by atoms with Crippen LogP contribution in [-0.4, -0.2) is 38.2 Å². The predicted molar refractivity (Wildman–Crippen MR) is 89.8 cm³/mol. The molecule has 8 heteroatoms. The van der Waals surface area contributed by atoms with Gasteiger partial charge < -0.3 is 14.6 Å². The summed E-state index contributed by atoms with van der Waals surface area (Å²) in [5.41, 5.74) is 1.59. The molecule has 1 fully saturated rings. The van der Waals surface area contributed by atoms with Gasteiger partial charge in [0, 0.05) is 25.5 Å². The number of pyridine rings is 1. The second kappa shape index (κ2) is 6.94. The number of hydrogen-bond donors (Lipinski definition) is 1. The van der Waals surface area contributed by atoms with E-state index >= 15 is 0 Å². The van der Waals surface area contributed by atoms with E-state index in [-0.39, 0.29) is 12.0 Å². The summed E-state index contributed by atoms with van der Waals surface area (Å²) in [4.78, 5) is 17.3. The van der Waals surface area contributed by atoms with Gasteiger partial charge in [-0.3, -0.25) is 4.98 Å². The average molecular weight is 338 g/mol. The van der Waals surface area contributed by atoms with Crippen LogP contribution in [0.5, 0.6) is 0 Å². The van der Waals surface area contributed by atoms with Gasteiger partial charge in [-0.15, -0.1) is 0 Å². The summed E-state index contributed by atoms with van der Waals surface area (Å²) >= 11 is 0. The van der Waals surface area contributed by atoms with Gasteiger partial charge in [0.25, 0.3) is 0 Å². The zero-order valence-corrected chi connectivity index (χ0v) is 13.8. The summed E-state index contributed by atoms with van der Waals surface area (Å²) in [6, 6.07) is 3.90. The molecule has 128 valence electrons. The largest absolute Gasteiger partial charge is 0.373 e. The highest BCUT2D eigenvalue weighted by Crippen LogP contribution is 2.41. The first-order valence-corrected chi connectivity index (χ1v) is 8.26. The van der Waals surface area contributed by atoms with Crippen LogP contribution in [0.15, 0.2) is 41.4 Å². The first-order chi connectivity index (χ1) is 12.3. The van der Waals surface area contributed by atoms with Gasteiger partial charge in [-0.05, 0) is 25.0 Å². The van der Waals surface area contributed by atoms with Crippen molar-refractivity contribution in [1.82, 2.24) is 25.1 Å². The minimum absolute atomic E-state index is 0.0134. The molecule has 0 unspecified atom stereocenters. The second-order valence-corrected chi connectivity index (χ2v) is 5.75. The van der Waals surface area contributed by atoms with Gasteiger partial charge in [-0.25, -0.2) is 9.97 Å². The van der Waals surface area contributed by atoms with E-state index in [1.54, 1.807) is 18.6 Å². The minimum atomic E-state index is -0.121. The van der Waals surface area contributed by atoms with Crippen LogP contribution in [0.3, 0.4) is 0 Å². The van der Waals surface area contributed by atoms with Crippen molar-refractivity contribution in [2.24, 2.45) is 0 Å². The van der Waals surface area contributed by atoms with Crippen LogP contribution in [0.25, 0.3) is 11.5 Å². The SMILES string of the molecule is CCNc1cnc(-c2noc([C@H]3CCO[C@@H]3c3cccnc3)n2)cn1. The van der Waals surface area contributed by atoms with E-state index in [1.807, 2.05) is 25.3 Å². The predicted octanol–water partition coefficient (Wildman–Crippen LogP) is 2.60. The van der Waals surface area contributed by atoms with Crippen molar-refractivity contribution < 1.29 is 9.26 Å². The molecule has 3 aromatic heterocycles.